The third kappa shape index (κ3) is 4.28. The van der Waals surface area contributed by atoms with E-state index in [1.807, 2.05) is 32.0 Å². The van der Waals surface area contributed by atoms with Crippen LogP contribution in [0.4, 0.5) is 10.5 Å². The van der Waals surface area contributed by atoms with E-state index in [0.29, 0.717) is 0 Å². The van der Waals surface area contributed by atoms with Gasteiger partial charge in [0.25, 0.3) is 0 Å². The Hall–Kier alpha value is -2.04. The van der Waals surface area contributed by atoms with Gasteiger partial charge in [-0.1, -0.05) is 17.7 Å². The van der Waals surface area contributed by atoms with Crippen LogP contribution in [0, 0.1) is 13.8 Å². The molecular formula is C14H20N2O3. The summed E-state index contributed by atoms with van der Waals surface area (Å²) in [5.74, 6) is -0.929. The third-order valence-electron chi connectivity index (χ3n) is 2.87. The number of anilines is 1. The average molecular weight is 264 g/mol. The first kappa shape index (κ1) is 15.0. The van der Waals surface area contributed by atoms with Gasteiger partial charge < -0.3 is 10.4 Å². The van der Waals surface area contributed by atoms with E-state index in [2.05, 4.69) is 5.32 Å². The fourth-order valence-corrected chi connectivity index (χ4v) is 1.91. The van der Waals surface area contributed by atoms with E-state index in [9.17, 15) is 9.59 Å². The highest BCUT2D eigenvalue weighted by Gasteiger charge is 2.16. The van der Waals surface area contributed by atoms with Crippen molar-refractivity contribution >= 4 is 17.7 Å². The molecule has 0 bridgehead atoms. The molecule has 0 fully saturated rings. The molecule has 5 heteroatoms. The van der Waals surface area contributed by atoms with Crippen LogP contribution in [-0.4, -0.2) is 30.2 Å². The Kier molecular flexibility index (Phi) is 4.92. The van der Waals surface area contributed by atoms with E-state index in [4.69, 9.17) is 5.11 Å². The van der Waals surface area contributed by atoms with Gasteiger partial charge in [0.2, 0.25) is 0 Å². The van der Waals surface area contributed by atoms with Crippen LogP contribution >= 0.6 is 0 Å². The molecule has 19 heavy (non-hydrogen) atoms. The van der Waals surface area contributed by atoms with Crippen molar-refractivity contribution in [1.82, 2.24) is 5.32 Å². The summed E-state index contributed by atoms with van der Waals surface area (Å²) in [5.41, 5.74) is 2.95. The number of hydrogen-bond acceptors (Lipinski definition) is 2. The van der Waals surface area contributed by atoms with Gasteiger partial charge in [-0.2, -0.15) is 0 Å². The number of aryl methyl sites for hydroxylation is 2. The topological polar surface area (TPSA) is 69.6 Å². The molecule has 0 radical (unpaired) electrons. The summed E-state index contributed by atoms with van der Waals surface area (Å²) in [5, 5.41) is 11.3. The number of benzene rings is 1. The number of carboxylic acid groups (broad SMARTS) is 1. The van der Waals surface area contributed by atoms with Gasteiger partial charge in [0, 0.05) is 18.8 Å². The molecule has 5 nitrogen and oxygen atoms in total. The van der Waals surface area contributed by atoms with E-state index in [1.165, 1.54) is 4.90 Å². The minimum atomic E-state index is -0.929. The summed E-state index contributed by atoms with van der Waals surface area (Å²) in [6.07, 6.45) is -0.0908. The molecule has 2 amide bonds. The number of amides is 2. The van der Waals surface area contributed by atoms with Crippen LogP contribution in [0.3, 0.4) is 0 Å². The smallest absolute Gasteiger partial charge is 0.321 e. The minimum absolute atomic E-state index is 0.0908. The van der Waals surface area contributed by atoms with Crippen molar-refractivity contribution in [3.63, 3.8) is 0 Å². The summed E-state index contributed by atoms with van der Waals surface area (Å²) < 4.78 is 0. The number of nitrogens with one attached hydrogen (secondary N) is 1. The fraction of sp³-hybridized carbons (Fsp3) is 0.429. The number of carbonyl (C=O) groups is 2. The number of aliphatic carboxylic acids is 1. The lowest BCUT2D eigenvalue weighted by molar-refractivity contribution is -0.137. The number of urea groups is 1. The Morgan fingerprint density at radius 1 is 1.37 bits per heavy atom. The van der Waals surface area contributed by atoms with Crippen molar-refractivity contribution in [1.29, 1.82) is 0 Å². The van der Waals surface area contributed by atoms with Crippen LogP contribution in [0.5, 0.6) is 0 Å². The maximum atomic E-state index is 12.0. The zero-order chi connectivity index (χ0) is 14.6. The second kappa shape index (κ2) is 6.22. The second-order valence-corrected chi connectivity index (χ2v) is 4.80. The molecule has 0 aromatic heterocycles. The van der Waals surface area contributed by atoms with E-state index >= 15 is 0 Å². The molecule has 1 rings (SSSR count). The van der Waals surface area contributed by atoms with Crippen molar-refractivity contribution in [2.45, 2.75) is 33.2 Å². The van der Waals surface area contributed by atoms with Crippen molar-refractivity contribution in [2.24, 2.45) is 0 Å². The van der Waals surface area contributed by atoms with Crippen LogP contribution in [-0.2, 0) is 4.79 Å². The molecule has 0 aliphatic carbocycles. The Morgan fingerprint density at radius 2 is 2.00 bits per heavy atom. The molecule has 104 valence electrons. The molecule has 2 N–H and O–H groups in total. The maximum absolute atomic E-state index is 12.0. The van der Waals surface area contributed by atoms with Gasteiger partial charge >= 0.3 is 12.0 Å². The first-order chi connectivity index (χ1) is 8.81. The highest BCUT2D eigenvalue weighted by molar-refractivity contribution is 5.92. The van der Waals surface area contributed by atoms with Crippen LogP contribution in [0.1, 0.15) is 24.5 Å². The second-order valence-electron chi connectivity index (χ2n) is 4.80. The molecule has 0 spiro atoms. The molecule has 0 saturated carbocycles. The summed E-state index contributed by atoms with van der Waals surface area (Å²) in [6.45, 7) is 5.60. The normalized spacial score (nSPS) is 11.8. The highest BCUT2D eigenvalue weighted by atomic mass is 16.4. The number of rotatable bonds is 4. The van der Waals surface area contributed by atoms with Crippen molar-refractivity contribution in [3.05, 3.63) is 29.3 Å². The number of carboxylic acids is 1. The first-order valence-corrected chi connectivity index (χ1v) is 6.14. The van der Waals surface area contributed by atoms with Crippen molar-refractivity contribution in [3.8, 4) is 0 Å². The predicted octanol–water partition coefficient (Wildman–Crippen LogP) is 2.31. The van der Waals surface area contributed by atoms with E-state index in [-0.39, 0.29) is 12.5 Å². The van der Waals surface area contributed by atoms with Gasteiger partial charge in [-0.05, 0) is 32.4 Å². The Balaban J connectivity index is 2.74. The molecular weight excluding hydrogens is 244 g/mol. The minimum Gasteiger partial charge on any atom is -0.481 e. The zero-order valence-electron chi connectivity index (χ0n) is 11.7. The Bertz CT molecular complexity index is 486. The fourth-order valence-electron chi connectivity index (χ4n) is 1.91. The summed E-state index contributed by atoms with van der Waals surface area (Å²) in [7, 11) is 1.67. The molecule has 1 aromatic carbocycles. The maximum Gasteiger partial charge on any atom is 0.321 e. The van der Waals surface area contributed by atoms with Gasteiger partial charge in [-0.25, -0.2) is 4.79 Å². The zero-order valence-corrected chi connectivity index (χ0v) is 11.7. The van der Waals surface area contributed by atoms with E-state index < -0.39 is 12.0 Å². The summed E-state index contributed by atoms with van der Waals surface area (Å²) in [4.78, 5) is 24.0. The van der Waals surface area contributed by atoms with Crippen LogP contribution < -0.4 is 10.2 Å². The van der Waals surface area contributed by atoms with Crippen LogP contribution in [0.15, 0.2) is 18.2 Å². The molecule has 1 aromatic rings. The number of nitrogens with zero attached hydrogens (tertiary/aromatic N) is 1. The number of hydrogen-bond donors (Lipinski definition) is 2. The molecule has 0 saturated heterocycles. The monoisotopic (exact) mass is 264 g/mol. The lowest BCUT2D eigenvalue weighted by Crippen LogP contribution is -2.43. The largest absolute Gasteiger partial charge is 0.481 e. The predicted molar refractivity (Wildman–Crippen MR) is 74.6 cm³/mol. The molecule has 0 aliphatic heterocycles. The van der Waals surface area contributed by atoms with E-state index in [1.54, 1.807) is 14.0 Å². The van der Waals surface area contributed by atoms with Crippen molar-refractivity contribution in [2.75, 3.05) is 11.9 Å². The average Bonchev–Trinajstić information content (AvgIpc) is 2.26. The molecule has 0 aliphatic rings. The highest BCUT2D eigenvalue weighted by Crippen LogP contribution is 2.20. The molecule has 0 heterocycles. The van der Waals surface area contributed by atoms with Crippen LogP contribution in [0.25, 0.3) is 0 Å². The molecule has 1 atom stereocenters. The van der Waals surface area contributed by atoms with Gasteiger partial charge in [0.15, 0.2) is 0 Å². The Labute approximate surface area is 113 Å². The van der Waals surface area contributed by atoms with Gasteiger partial charge in [-0.3, -0.25) is 9.69 Å². The standard InChI is InChI=1S/C14H20N2O3/c1-9-5-6-12(10(2)7-9)16(4)14(19)15-11(3)8-13(17)18/h5-7,11H,8H2,1-4H3,(H,15,19)(H,17,18). The summed E-state index contributed by atoms with van der Waals surface area (Å²) in [6, 6.07) is 5.11. The van der Waals surface area contributed by atoms with Gasteiger partial charge in [-0.15, -0.1) is 0 Å². The SMILES string of the molecule is Cc1ccc(N(C)C(=O)NC(C)CC(=O)O)c(C)c1. The third-order valence-corrected chi connectivity index (χ3v) is 2.87. The summed E-state index contributed by atoms with van der Waals surface area (Å²) >= 11 is 0. The van der Waals surface area contributed by atoms with Gasteiger partial charge in [0.1, 0.15) is 0 Å². The molecule has 1 unspecified atom stereocenters. The lowest BCUT2D eigenvalue weighted by Gasteiger charge is -2.22. The van der Waals surface area contributed by atoms with Crippen molar-refractivity contribution < 1.29 is 14.7 Å². The first-order valence-electron chi connectivity index (χ1n) is 6.14. The Morgan fingerprint density at radius 3 is 2.53 bits per heavy atom. The van der Waals surface area contributed by atoms with Gasteiger partial charge in [0.05, 0.1) is 6.42 Å². The lowest BCUT2D eigenvalue weighted by atomic mass is 10.1. The quantitative estimate of drug-likeness (QED) is 0.876. The van der Waals surface area contributed by atoms with Crippen LogP contribution in [0.2, 0.25) is 0 Å². The number of carbonyl (C=O) groups excluding carboxylic acids is 1. The van der Waals surface area contributed by atoms with E-state index in [0.717, 1.165) is 16.8 Å².